The highest BCUT2D eigenvalue weighted by Gasteiger charge is 2.20. The number of nitrogens with zero attached hydrogens (tertiary/aromatic N) is 2. The Morgan fingerprint density at radius 3 is 2.89 bits per heavy atom. The van der Waals surface area contributed by atoms with Gasteiger partial charge in [-0.1, -0.05) is 19.1 Å². The maximum absolute atomic E-state index is 14.2. The van der Waals surface area contributed by atoms with E-state index < -0.39 is 0 Å². The molecule has 0 aliphatic heterocycles. The number of benzene rings is 1. The number of rotatable bonds is 4. The molecule has 1 aromatic carbocycles. The quantitative estimate of drug-likeness (QED) is 0.940. The summed E-state index contributed by atoms with van der Waals surface area (Å²) in [5.74, 6) is -0.232. The van der Waals surface area contributed by atoms with Crippen molar-refractivity contribution in [3.63, 3.8) is 0 Å². The minimum atomic E-state index is -0.232. The average Bonchev–Trinajstić information content (AvgIpc) is 2.76. The highest BCUT2D eigenvalue weighted by atomic mass is 79.9. The molecule has 1 N–H and O–H groups in total. The van der Waals surface area contributed by atoms with Crippen LogP contribution in [0.15, 0.2) is 35.2 Å². The first-order chi connectivity index (χ1) is 8.65. The molecular formula is C13H15BrFN3. The molecule has 18 heavy (non-hydrogen) atoms. The lowest BCUT2D eigenvalue weighted by Gasteiger charge is -2.19. The summed E-state index contributed by atoms with van der Waals surface area (Å²) in [7, 11) is 1.91. The van der Waals surface area contributed by atoms with Crippen LogP contribution in [0.4, 0.5) is 4.39 Å². The second-order valence-corrected chi connectivity index (χ2v) is 4.92. The predicted octanol–water partition coefficient (Wildman–Crippen LogP) is 3.02. The molecule has 0 saturated heterocycles. The summed E-state index contributed by atoms with van der Waals surface area (Å²) in [6.07, 6.45) is 3.48. The monoisotopic (exact) mass is 311 g/mol. The molecule has 1 heterocycles. The Labute approximate surface area is 114 Å². The van der Waals surface area contributed by atoms with Crippen LogP contribution in [-0.2, 0) is 7.05 Å². The first kappa shape index (κ1) is 13.2. The van der Waals surface area contributed by atoms with Crippen LogP contribution in [0.2, 0.25) is 0 Å². The first-order valence-corrected chi connectivity index (χ1v) is 6.58. The van der Waals surface area contributed by atoms with Crippen LogP contribution in [0.25, 0.3) is 0 Å². The first-order valence-electron chi connectivity index (χ1n) is 5.78. The molecule has 1 unspecified atom stereocenters. The van der Waals surface area contributed by atoms with Crippen LogP contribution in [-0.4, -0.2) is 16.1 Å². The van der Waals surface area contributed by atoms with Crippen molar-refractivity contribution in [1.82, 2.24) is 14.9 Å². The van der Waals surface area contributed by atoms with E-state index in [-0.39, 0.29) is 11.9 Å². The van der Waals surface area contributed by atoms with Gasteiger partial charge in [0.2, 0.25) is 0 Å². The Bertz CT molecular complexity index is 539. The van der Waals surface area contributed by atoms with Gasteiger partial charge in [0, 0.05) is 12.6 Å². The summed E-state index contributed by atoms with van der Waals surface area (Å²) in [4.78, 5) is 4.09. The predicted molar refractivity (Wildman–Crippen MR) is 72.8 cm³/mol. The second kappa shape index (κ2) is 5.63. The number of hydrogen-bond acceptors (Lipinski definition) is 2. The van der Waals surface area contributed by atoms with E-state index in [1.54, 1.807) is 24.7 Å². The third-order valence-corrected chi connectivity index (χ3v) is 3.46. The highest BCUT2D eigenvalue weighted by Crippen LogP contribution is 2.27. The number of imidazole rings is 1. The zero-order valence-corrected chi connectivity index (χ0v) is 11.9. The van der Waals surface area contributed by atoms with Crippen molar-refractivity contribution in [3.8, 4) is 0 Å². The maximum atomic E-state index is 14.2. The summed E-state index contributed by atoms with van der Waals surface area (Å²) < 4.78 is 16.6. The van der Waals surface area contributed by atoms with Crippen LogP contribution < -0.4 is 5.32 Å². The van der Waals surface area contributed by atoms with Gasteiger partial charge in [0.05, 0.1) is 28.7 Å². The van der Waals surface area contributed by atoms with E-state index in [2.05, 4.69) is 26.2 Å². The van der Waals surface area contributed by atoms with Gasteiger partial charge >= 0.3 is 0 Å². The van der Waals surface area contributed by atoms with Crippen LogP contribution in [0.3, 0.4) is 0 Å². The molecule has 3 nitrogen and oxygen atoms in total. The van der Waals surface area contributed by atoms with Gasteiger partial charge in [0.25, 0.3) is 0 Å². The van der Waals surface area contributed by atoms with E-state index in [0.717, 1.165) is 12.2 Å². The fraction of sp³-hybridized carbons (Fsp3) is 0.308. The van der Waals surface area contributed by atoms with Crippen molar-refractivity contribution in [2.45, 2.75) is 13.0 Å². The number of nitrogens with one attached hydrogen (secondary N) is 1. The fourth-order valence-electron chi connectivity index (χ4n) is 1.97. The molecule has 5 heteroatoms. The Morgan fingerprint density at radius 2 is 2.28 bits per heavy atom. The Morgan fingerprint density at radius 1 is 1.50 bits per heavy atom. The molecule has 0 amide bonds. The number of aromatic nitrogens is 2. The van der Waals surface area contributed by atoms with E-state index in [1.807, 2.05) is 24.6 Å². The van der Waals surface area contributed by atoms with Gasteiger partial charge in [-0.2, -0.15) is 0 Å². The van der Waals surface area contributed by atoms with E-state index in [1.165, 1.54) is 0 Å². The van der Waals surface area contributed by atoms with E-state index in [4.69, 9.17) is 0 Å². The Hall–Kier alpha value is -1.20. The lowest BCUT2D eigenvalue weighted by atomic mass is 10.0. The van der Waals surface area contributed by atoms with Gasteiger partial charge in [-0.3, -0.25) is 0 Å². The molecule has 1 atom stereocenters. The summed E-state index contributed by atoms with van der Waals surface area (Å²) in [6, 6.07) is 5.13. The minimum Gasteiger partial charge on any atom is -0.336 e. The number of aryl methyl sites for hydroxylation is 1. The van der Waals surface area contributed by atoms with Crippen LogP contribution in [0.5, 0.6) is 0 Å². The smallest absolute Gasteiger partial charge is 0.142 e. The van der Waals surface area contributed by atoms with Gasteiger partial charge in [-0.05, 0) is 28.5 Å². The molecule has 0 saturated carbocycles. The molecule has 96 valence electrons. The number of halogens is 2. The van der Waals surface area contributed by atoms with Gasteiger partial charge in [-0.25, -0.2) is 9.37 Å². The molecule has 1 aromatic heterocycles. The number of hydrogen-bond donors (Lipinski definition) is 1. The molecule has 0 aliphatic carbocycles. The summed E-state index contributed by atoms with van der Waals surface area (Å²) in [5.41, 5.74) is 1.56. The van der Waals surface area contributed by atoms with Crippen molar-refractivity contribution < 1.29 is 4.39 Å². The largest absolute Gasteiger partial charge is 0.336 e. The van der Waals surface area contributed by atoms with Crippen LogP contribution in [0, 0.1) is 5.82 Å². The SMILES string of the molecule is CCNC(c1cccc(Br)c1F)c1cncn1C. The van der Waals surface area contributed by atoms with E-state index >= 15 is 0 Å². The third kappa shape index (κ3) is 2.47. The topological polar surface area (TPSA) is 29.9 Å². The lowest BCUT2D eigenvalue weighted by molar-refractivity contribution is 0.538. The minimum absolute atomic E-state index is 0.194. The van der Waals surface area contributed by atoms with Gasteiger partial charge in [0.15, 0.2) is 0 Å². The molecular weight excluding hydrogens is 297 g/mol. The molecule has 2 aromatic rings. The standard InChI is InChI=1S/C13H15BrFN3/c1-3-17-13(11-7-16-8-18(11)2)9-5-4-6-10(14)12(9)15/h4-8,13,17H,3H2,1-2H3. The second-order valence-electron chi connectivity index (χ2n) is 4.06. The molecule has 0 bridgehead atoms. The average molecular weight is 312 g/mol. The normalized spacial score (nSPS) is 12.7. The van der Waals surface area contributed by atoms with Crippen molar-refractivity contribution in [1.29, 1.82) is 0 Å². The zero-order chi connectivity index (χ0) is 13.1. The Balaban J connectivity index is 2.48. The fourth-order valence-corrected chi connectivity index (χ4v) is 2.35. The van der Waals surface area contributed by atoms with Crippen LogP contribution >= 0.6 is 15.9 Å². The molecule has 0 radical (unpaired) electrons. The van der Waals surface area contributed by atoms with E-state index in [9.17, 15) is 4.39 Å². The molecule has 0 spiro atoms. The van der Waals surface area contributed by atoms with Crippen molar-refractivity contribution in [2.24, 2.45) is 7.05 Å². The van der Waals surface area contributed by atoms with Gasteiger partial charge in [0.1, 0.15) is 5.82 Å². The molecule has 2 rings (SSSR count). The summed E-state index contributed by atoms with van der Waals surface area (Å²) in [5, 5.41) is 3.29. The highest BCUT2D eigenvalue weighted by molar-refractivity contribution is 9.10. The molecule has 0 fully saturated rings. The molecule has 0 aliphatic rings. The summed E-state index contributed by atoms with van der Waals surface area (Å²) in [6.45, 7) is 2.75. The van der Waals surface area contributed by atoms with E-state index in [0.29, 0.717) is 10.0 Å². The van der Waals surface area contributed by atoms with Crippen molar-refractivity contribution in [3.05, 3.63) is 52.3 Å². The van der Waals surface area contributed by atoms with Crippen LogP contribution in [0.1, 0.15) is 24.2 Å². The van der Waals surface area contributed by atoms with Crippen molar-refractivity contribution in [2.75, 3.05) is 6.54 Å². The van der Waals surface area contributed by atoms with Gasteiger partial charge < -0.3 is 9.88 Å². The Kier molecular flexibility index (Phi) is 4.14. The third-order valence-electron chi connectivity index (χ3n) is 2.85. The lowest BCUT2D eigenvalue weighted by Crippen LogP contribution is -2.25. The van der Waals surface area contributed by atoms with Crippen molar-refractivity contribution >= 4 is 15.9 Å². The maximum Gasteiger partial charge on any atom is 0.142 e. The van der Waals surface area contributed by atoms with Gasteiger partial charge in [-0.15, -0.1) is 0 Å². The summed E-state index contributed by atoms with van der Waals surface area (Å²) >= 11 is 3.22. The zero-order valence-electron chi connectivity index (χ0n) is 10.3.